The largest absolute Gasteiger partial charge is 0.293 e. The average Bonchev–Trinajstić information content (AvgIpc) is 2.82. The Morgan fingerprint density at radius 1 is 0.700 bits per heavy atom. The summed E-state index contributed by atoms with van der Waals surface area (Å²) in [6.07, 6.45) is 0. The zero-order valence-electron chi connectivity index (χ0n) is 16.1. The third kappa shape index (κ3) is 3.90. The van der Waals surface area contributed by atoms with Gasteiger partial charge in [-0.05, 0) is 23.3 Å². The van der Waals surface area contributed by atoms with Crippen molar-refractivity contribution in [2.75, 3.05) is 5.43 Å². The zero-order chi connectivity index (χ0) is 21.4. The van der Waals surface area contributed by atoms with Crippen molar-refractivity contribution in [3.63, 3.8) is 0 Å². The van der Waals surface area contributed by atoms with Crippen LogP contribution in [-0.2, 0) is 15.0 Å². The first kappa shape index (κ1) is 20.7. The predicted octanol–water partition coefficient (Wildman–Crippen LogP) is 1.42. The molecule has 0 atom stereocenters. The Morgan fingerprint density at radius 2 is 1.17 bits per heavy atom. The van der Waals surface area contributed by atoms with Crippen LogP contribution in [0.4, 0.5) is 5.69 Å². The summed E-state index contributed by atoms with van der Waals surface area (Å²) in [6, 6.07) is 26.6. The third-order valence-electron chi connectivity index (χ3n) is 4.66. The van der Waals surface area contributed by atoms with Gasteiger partial charge < -0.3 is 0 Å². The Morgan fingerprint density at radius 3 is 1.60 bits per heavy atom. The van der Waals surface area contributed by atoms with E-state index in [0.717, 1.165) is 0 Å². The van der Waals surface area contributed by atoms with Gasteiger partial charge in [0.25, 0.3) is 11.8 Å². The maximum atomic E-state index is 13.3. The molecule has 0 bridgehead atoms. The van der Waals surface area contributed by atoms with Crippen LogP contribution in [0.15, 0.2) is 96.1 Å². The summed E-state index contributed by atoms with van der Waals surface area (Å²) in [6.45, 7) is 0. The molecule has 0 fully saturated rings. The molecule has 0 unspecified atom stereocenters. The van der Waals surface area contributed by atoms with Crippen molar-refractivity contribution in [1.29, 1.82) is 0 Å². The number of nitrogens with two attached hydrogens (primary N) is 2. The van der Waals surface area contributed by atoms with E-state index in [1.165, 1.54) is 0 Å². The fourth-order valence-corrected chi connectivity index (χ4v) is 3.30. The molecule has 0 saturated carbocycles. The number of nitrogens with one attached hydrogen (secondary N) is 3. The highest BCUT2D eigenvalue weighted by atomic mass is 16.2. The quantitative estimate of drug-likeness (QED) is 0.176. The van der Waals surface area contributed by atoms with Crippen molar-refractivity contribution < 1.29 is 9.59 Å². The molecule has 0 radical (unpaired) electrons. The molecule has 0 aliphatic carbocycles. The van der Waals surface area contributed by atoms with E-state index in [1.54, 1.807) is 60.7 Å². The monoisotopic (exact) mass is 402 g/mol. The zero-order valence-corrected chi connectivity index (χ0v) is 16.1. The molecule has 0 aliphatic rings. The van der Waals surface area contributed by atoms with Crippen LogP contribution in [0.5, 0.6) is 0 Å². The highest BCUT2D eigenvalue weighted by Crippen LogP contribution is 2.35. The van der Waals surface area contributed by atoms with Crippen LogP contribution < -0.4 is 28.0 Å². The number of benzene rings is 3. The first-order valence-electron chi connectivity index (χ1n) is 9.16. The number of hydrazone groups is 1. The summed E-state index contributed by atoms with van der Waals surface area (Å²) in [5.41, 5.74) is 6.91. The predicted molar refractivity (Wildman–Crippen MR) is 116 cm³/mol. The molecule has 0 aromatic heterocycles. The van der Waals surface area contributed by atoms with Crippen molar-refractivity contribution in [1.82, 2.24) is 10.9 Å². The number of hydrogen-bond acceptors (Lipinski definition) is 6. The number of amides is 2. The highest BCUT2D eigenvalue weighted by molar-refractivity contribution is 6.48. The maximum Gasteiger partial charge on any atom is 0.283 e. The number of hydrogen-bond donors (Lipinski definition) is 5. The molecule has 0 aliphatic heterocycles. The molecule has 8 heteroatoms. The SMILES string of the molecule is NNC(=O)/C(=N\Nc1ccccc1)C(C(=O)NN)(c1ccccc1)c1ccccc1. The Labute approximate surface area is 173 Å². The number of rotatable bonds is 7. The van der Waals surface area contributed by atoms with Crippen LogP contribution in [0.1, 0.15) is 11.1 Å². The second kappa shape index (κ2) is 9.46. The third-order valence-corrected chi connectivity index (χ3v) is 4.66. The number of carbonyl (C=O) groups excluding carboxylic acids is 2. The molecule has 152 valence electrons. The van der Waals surface area contributed by atoms with Crippen LogP contribution in [0, 0.1) is 0 Å². The minimum absolute atomic E-state index is 0.172. The lowest BCUT2D eigenvalue weighted by Gasteiger charge is -2.33. The van der Waals surface area contributed by atoms with E-state index < -0.39 is 17.2 Å². The molecule has 3 aromatic carbocycles. The molecule has 30 heavy (non-hydrogen) atoms. The first-order chi connectivity index (χ1) is 14.6. The molecule has 3 aromatic rings. The van der Waals surface area contributed by atoms with Gasteiger partial charge in [-0.3, -0.25) is 25.9 Å². The van der Waals surface area contributed by atoms with Crippen molar-refractivity contribution in [2.45, 2.75) is 5.41 Å². The Balaban J connectivity index is 2.31. The number of anilines is 1. The molecule has 7 N–H and O–H groups in total. The summed E-state index contributed by atoms with van der Waals surface area (Å²) in [5, 5.41) is 4.32. The van der Waals surface area contributed by atoms with Crippen molar-refractivity contribution >= 4 is 23.2 Å². The van der Waals surface area contributed by atoms with Gasteiger partial charge in [0, 0.05) is 0 Å². The second-order valence-corrected chi connectivity index (χ2v) is 6.37. The van der Waals surface area contributed by atoms with E-state index in [0.29, 0.717) is 16.8 Å². The summed E-state index contributed by atoms with van der Waals surface area (Å²) in [5.74, 6) is 9.66. The normalized spacial score (nSPS) is 11.5. The first-order valence-corrected chi connectivity index (χ1v) is 9.16. The standard InChI is InChI=1S/C22H22N6O2/c23-25-20(29)19(28-27-18-14-8-3-9-15-18)22(21(30)26-24,16-10-4-1-5-11-16)17-12-6-2-7-13-17/h1-15,27H,23-24H2,(H,25,29)(H,26,30)/b28-19+. The van der Waals surface area contributed by atoms with Gasteiger partial charge in [-0.1, -0.05) is 78.9 Å². The van der Waals surface area contributed by atoms with Gasteiger partial charge in [0.05, 0.1) is 5.69 Å². The summed E-state index contributed by atoms with van der Waals surface area (Å²) >= 11 is 0. The van der Waals surface area contributed by atoms with Crippen LogP contribution in [0.2, 0.25) is 0 Å². The summed E-state index contributed by atoms with van der Waals surface area (Å²) < 4.78 is 0. The minimum atomic E-state index is -1.66. The molecule has 8 nitrogen and oxygen atoms in total. The fraction of sp³-hybridized carbons (Fsp3) is 0.0455. The number of carbonyl (C=O) groups is 2. The molecule has 0 spiro atoms. The van der Waals surface area contributed by atoms with E-state index in [-0.39, 0.29) is 5.71 Å². The Kier molecular flexibility index (Phi) is 6.53. The van der Waals surface area contributed by atoms with Gasteiger partial charge >= 0.3 is 0 Å². The van der Waals surface area contributed by atoms with Gasteiger partial charge in [0.2, 0.25) is 0 Å². The van der Waals surface area contributed by atoms with Crippen LogP contribution in [0.3, 0.4) is 0 Å². The summed E-state index contributed by atoms with van der Waals surface area (Å²) in [4.78, 5) is 26.3. The van der Waals surface area contributed by atoms with Crippen molar-refractivity contribution in [3.8, 4) is 0 Å². The number of para-hydroxylation sites is 1. The van der Waals surface area contributed by atoms with E-state index in [4.69, 9.17) is 11.7 Å². The van der Waals surface area contributed by atoms with Gasteiger partial charge in [0.1, 0.15) is 5.41 Å². The van der Waals surface area contributed by atoms with Gasteiger partial charge in [-0.2, -0.15) is 5.10 Å². The van der Waals surface area contributed by atoms with Gasteiger partial charge in [-0.25, -0.2) is 11.7 Å². The lowest BCUT2D eigenvalue weighted by molar-refractivity contribution is -0.124. The van der Waals surface area contributed by atoms with Gasteiger partial charge in [0.15, 0.2) is 5.71 Å². The van der Waals surface area contributed by atoms with Crippen LogP contribution >= 0.6 is 0 Å². The fourth-order valence-electron chi connectivity index (χ4n) is 3.30. The maximum absolute atomic E-state index is 13.3. The molecular formula is C22H22N6O2. The van der Waals surface area contributed by atoms with E-state index in [9.17, 15) is 9.59 Å². The van der Waals surface area contributed by atoms with Crippen LogP contribution in [-0.4, -0.2) is 17.5 Å². The molecule has 2 amide bonds. The van der Waals surface area contributed by atoms with E-state index >= 15 is 0 Å². The average molecular weight is 402 g/mol. The van der Waals surface area contributed by atoms with E-state index in [2.05, 4.69) is 21.4 Å². The van der Waals surface area contributed by atoms with Crippen molar-refractivity contribution in [3.05, 3.63) is 102 Å². The lowest BCUT2D eigenvalue weighted by atomic mass is 9.69. The van der Waals surface area contributed by atoms with Crippen molar-refractivity contribution in [2.24, 2.45) is 16.8 Å². The Bertz CT molecular complexity index is 984. The highest BCUT2D eigenvalue weighted by Gasteiger charge is 2.50. The number of nitrogens with zero attached hydrogens (tertiary/aromatic N) is 1. The summed E-state index contributed by atoms with van der Waals surface area (Å²) in [7, 11) is 0. The molecule has 3 rings (SSSR count). The smallest absolute Gasteiger partial charge is 0.283 e. The molecular weight excluding hydrogens is 380 g/mol. The Hall–Kier alpha value is -4.01. The molecule has 0 saturated heterocycles. The van der Waals surface area contributed by atoms with E-state index in [1.807, 2.05) is 30.3 Å². The molecule has 0 heterocycles. The second-order valence-electron chi connectivity index (χ2n) is 6.37. The minimum Gasteiger partial charge on any atom is -0.293 e. The lowest BCUT2D eigenvalue weighted by Crippen LogP contribution is -2.58. The van der Waals surface area contributed by atoms with Crippen LogP contribution in [0.25, 0.3) is 0 Å². The van der Waals surface area contributed by atoms with Gasteiger partial charge in [-0.15, -0.1) is 0 Å². The number of hydrazine groups is 2. The topological polar surface area (TPSA) is 135 Å².